The molecule has 28 heavy (non-hydrogen) atoms. The van der Waals surface area contributed by atoms with Crippen LogP contribution >= 0.6 is 11.8 Å². The third kappa shape index (κ3) is 5.32. The summed E-state index contributed by atoms with van der Waals surface area (Å²) in [6.45, 7) is 0. The van der Waals surface area contributed by atoms with Crippen LogP contribution in [0.3, 0.4) is 0 Å². The lowest BCUT2D eigenvalue weighted by Gasteiger charge is -2.18. The molecule has 1 unspecified atom stereocenters. The summed E-state index contributed by atoms with van der Waals surface area (Å²) in [4.78, 5) is 20.5. The average Bonchev–Trinajstić information content (AvgIpc) is 2.71. The van der Waals surface area contributed by atoms with E-state index in [1.165, 1.54) is 6.07 Å². The maximum absolute atomic E-state index is 12.6. The molecule has 4 nitrogen and oxygen atoms in total. The van der Waals surface area contributed by atoms with Crippen molar-refractivity contribution in [3.05, 3.63) is 89.9 Å². The first-order chi connectivity index (χ1) is 13.4. The second-order valence-electron chi connectivity index (χ2n) is 5.84. The molecule has 2 aromatic heterocycles. The van der Waals surface area contributed by atoms with Gasteiger partial charge in [-0.2, -0.15) is 13.2 Å². The van der Waals surface area contributed by atoms with Crippen LogP contribution in [0.4, 0.5) is 13.2 Å². The first-order valence-corrected chi connectivity index (χ1v) is 9.33. The number of amides is 1. The van der Waals surface area contributed by atoms with Crippen LogP contribution in [0.2, 0.25) is 0 Å². The number of alkyl halides is 3. The summed E-state index contributed by atoms with van der Waals surface area (Å²) < 4.78 is 37.7. The van der Waals surface area contributed by atoms with Crippen LogP contribution in [-0.4, -0.2) is 21.6 Å². The summed E-state index contributed by atoms with van der Waals surface area (Å²) in [6, 6.07) is 16.7. The lowest BCUT2D eigenvalue weighted by molar-refractivity contribution is -0.137. The number of hydrogen-bond donors (Lipinski definition) is 1. The van der Waals surface area contributed by atoms with E-state index < -0.39 is 17.8 Å². The predicted molar refractivity (Wildman–Crippen MR) is 101 cm³/mol. The van der Waals surface area contributed by atoms with Gasteiger partial charge in [0.2, 0.25) is 5.91 Å². The van der Waals surface area contributed by atoms with Crippen LogP contribution in [-0.2, 0) is 11.0 Å². The second kappa shape index (κ2) is 8.88. The van der Waals surface area contributed by atoms with Crippen LogP contribution in [0, 0.1) is 0 Å². The Kier molecular flexibility index (Phi) is 6.30. The Bertz CT molecular complexity index is 864. The normalized spacial score (nSPS) is 12.4. The average molecular weight is 403 g/mol. The van der Waals surface area contributed by atoms with Crippen molar-refractivity contribution in [2.45, 2.75) is 17.2 Å². The number of carbonyl (C=O) groups is 1. The molecular weight excluding hydrogens is 387 g/mol. The molecule has 1 N–H and O–H groups in total. The van der Waals surface area contributed by atoms with Gasteiger partial charge in [-0.3, -0.25) is 9.78 Å². The van der Waals surface area contributed by atoms with E-state index >= 15 is 0 Å². The van der Waals surface area contributed by atoms with E-state index in [4.69, 9.17) is 0 Å². The zero-order valence-electron chi connectivity index (χ0n) is 14.6. The molecule has 0 saturated carbocycles. The number of nitrogens with one attached hydrogen (secondary N) is 1. The van der Waals surface area contributed by atoms with Crippen molar-refractivity contribution >= 4 is 17.7 Å². The fourth-order valence-corrected chi connectivity index (χ4v) is 3.15. The Balaban J connectivity index is 1.66. The first kappa shape index (κ1) is 19.9. The maximum atomic E-state index is 12.6. The van der Waals surface area contributed by atoms with Gasteiger partial charge in [0.15, 0.2) is 0 Å². The Hall–Kier alpha value is -2.87. The number of halogens is 3. The molecule has 0 radical (unpaired) electrons. The smallest absolute Gasteiger partial charge is 0.343 e. The molecule has 1 amide bonds. The van der Waals surface area contributed by atoms with Gasteiger partial charge in [0.05, 0.1) is 28.1 Å². The summed E-state index contributed by atoms with van der Waals surface area (Å²) in [5.41, 5.74) is 0.757. The highest BCUT2D eigenvalue weighted by Crippen LogP contribution is 2.29. The van der Waals surface area contributed by atoms with Gasteiger partial charge in [-0.25, -0.2) is 4.98 Å². The minimum absolute atomic E-state index is 0.0224. The Morgan fingerprint density at radius 3 is 2.36 bits per heavy atom. The molecule has 144 valence electrons. The number of thioether (sulfide) groups is 1. The Morgan fingerprint density at radius 1 is 1.00 bits per heavy atom. The minimum Gasteiger partial charge on any atom is -0.343 e. The number of aromatic nitrogens is 2. The molecule has 0 spiro atoms. The van der Waals surface area contributed by atoms with Gasteiger partial charge in [0.1, 0.15) is 0 Å². The van der Waals surface area contributed by atoms with Crippen molar-refractivity contribution in [3.8, 4) is 0 Å². The number of pyridine rings is 2. The van der Waals surface area contributed by atoms with Crippen LogP contribution in [0.15, 0.2) is 78.1 Å². The van der Waals surface area contributed by atoms with Gasteiger partial charge in [-0.05, 0) is 29.8 Å². The van der Waals surface area contributed by atoms with Crippen molar-refractivity contribution in [1.82, 2.24) is 15.3 Å². The summed E-state index contributed by atoms with van der Waals surface area (Å²) in [5.74, 6) is -0.250. The number of hydrogen-bond acceptors (Lipinski definition) is 4. The van der Waals surface area contributed by atoms with Crippen LogP contribution in [0.25, 0.3) is 0 Å². The topological polar surface area (TPSA) is 54.9 Å². The highest BCUT2D eigenvalue weighted by Gasteiger charge is 2.30. The van der Waals surface area contributed by atoms with Crippen molar-refractivity contribution in [2.24, 2.45) is 0 Å². The number of nitrogens with zero attached hydrogens (tertiary/aromatic N) is 2. The van der Waals surface area contributed by atoms with E-state index in [9.17, 15) is 18.0 Å². The lowest BCUT2D eigenvalue weighted by atomic mass is 10.0. The SMILES string of the molecule is O=C(CSc1ccc(C(F)(F)F)cn1)NC(c1ccccc1)c1ccccn1. The van der Waals surface area contributed by atoms with Crippen molar-refractivity contribution in [2.75, 3.05) is 5.75 Å². The van der Waals surface area contributed by atoms with Gasteiger partial charge >= 0.3 is 6.18 Å². The predicted octanol–water partition coefficient (Wildman–Crippen LogP) is 4.49. The molecule has 0 bridgehead atoms. The maximum Gasteiger partial charge on any atom is 0.417 e. The van der Waals surface area contributed by atoms with E-state index in [0.29, 0.717) is 10.7 Å². The number of benzene rings is 1. The Labute approximate surface area is 164 Å². The van der Waals surface area contributed by atoms with E-state index in [2.05, 4.69) is 15.3 Å². The largest absolute Gasteiger partial charge is 0.417 e. The quantitative estimate of drug-likeness (QED) is 0.616. The van der Waals surface area contributed by atoms with Gasteiger partial charge in [-0.1, -0.05) is 48.2 Å². The Morgan fingerprint density at radius 2 is 1.75 bits per heavy atom. The molecule has 0 aliphatic carbocycles. The summed E-state index contributed by atoms with van der Waals surface area (Å²) in [7, 11) is 0. The van der Waals surface area contributed by atoms with E-state index in [1.54, 1.807) is 12.3 Å². The number of rotatable bonds is 6. The molecule has 0 saturated heterocycles. The highest BCUT2D eigenvalue weighted by molar-refractivity contribution is 7.99. The molecule has 1 aromatic carbocycles. The van der Waals surface area contributed by atoms with Gasteiger partial charge in [0, 0.05) is 12.4 Å². The monoisotopic (exact) mass is 403 g/mol. The summed E-state index contributed by atoms with van der Waals surface area (Å²) >= 11 is 1.07. The minimum atomic E-state index is -4.43. The van der Waals surface area contributed by atoms with Gasteiger partial charge in [0.25, 0.3) is 0 Å². The van der Waals surface area contributed by atoms with E-state index in [1.807, 2.05) is 42.5 Å². The molecule has 3 aromatic rings. The molecule has 0 aliphatic heterocycles. The first-order valence-electron chi connectivity index (χ1n) is 8.35. The van der Waals surface area contributed by atoms with Crippen molar-refractivity contribution in [3.63, 3.8) is 0 Å². The van der Waals surface area contributed by atoms with Crippen LogP contribution in [0.5, 0.6) is 0 Å². The zero-order chi connectivity index (χ0) is 20.0. The molecule has 8 heteroatoms. The van der Waals surface area contributed by atoms with E-state index in [0.717, 1.165) is 29.6 Å². The zero-order valence-corrected chi connectivity index (χ0v) is 15.4. The van der Waals surface area contributed by atoms with E-state index in [-0.39, 0.29) is 11.7 Å². The van der Waals surface area contributed by atoms with Crippen molar-refractivity contribution < 1.29 is 18.0 Å². The van der Waals surface area contributed by atoms with Crippen LogP contribution < -0.4 is 5.32 Å². The van der Waals surface area contributed by atoms with Gasteiger partial charge in [-0.15, -0.1) is 0 Å². The molecule has 0 aliphatic rings. The fraction of sp³-hybridized carbons (Fsp3) is 0.150. The standard InChI is InChI=1S/C20H16F3N3OS/c21-20(22,23)15-9-10-18(25-12-15)28-13-17(27)26-19(14-6-2-1-3-7-14)16-8-4-5-11-24-16/h1-12,19H,13H2,(H,26,27). The molecule has 0 fully saturated rings. The third-order valence-corrected chi connectivity index (χ3v) is 4.78. The second-order valence-corrected chi connectivity index (χ2v) is 6.83. The third-order valence-electron chi connectivity index (χ3n) is 3.84. The van der Waals surface area contributed by atoms with Crippen LogP contribution in [0.1, 0.15) is 22.9 Å². The number of carbonyl (C=O) groups excluding carboxylic acids is 1. The molecule has 1 atom stereocenters. The van der Waals surface area contributed by atoms with Gasteiger partial charge < -0.3 is 5.32 Å². The highest BCUT2D eigenvalue weighted by atomic mass is 32.2. The molecular formula is C20H16F3N3OS. The molecule has 2 heterocycles. The van der Waals surface area contributed by atoms with Crippen molar-refractivity contribution in [1.29, 1.82) is 0 Å². The summed E-state index contributed by atoms with van der Waals surface area (Å²) in [5, 5.41) is 3.27. The molecule has 3 rings (SSSR count). The summed E-state index contributed by atoms with van der Waals surface area (Å²) in [6.07, 6.45) is -2.02. The lowest BCUT2D eigenvalue weighted by Crippen LogP contribution is -2.31. The fourth-order valence-electron chi connectivity index (χ4n) is 2.50.